The SMILES string of the molecule is CNC(Cc1ccncc1Cl)c1ccc(OC)c(OC)c1. The molecule has 4 nitrogen and oxygen atoms in total. The van der Waals surface area contributed by atoms with Crippen LogP contribution in [0, 0.1) is 0 Å². The van der Waals surface area contributed by atoms with Crippen LogP contribution in [0.4, 0.5) is 0 Å². The summed E-state index contributed by atoms with van der Waals surface area (Å²) in [5, 5.41) is 3.99. The monoisotopic (exact) mass is 306 g/mol. The van der Waals surface area contributed by atoms with Gasteiger partial charge >= 0.3 is 0 Å². The molecule has 21 heavy (non-hydrogen) atoms. The maximum Gasteiger partial charge on any atom is 0.161 e. The van der Waals surface area contributed by atoms with Gasteiger partial charge in [0, 0.05) is 18.4 Å². The highest BCUT2D eigenvalue weighted by atomic mass is 35.5. The molecule has 0 bridgehead atoms. The fraction of sp³-hybridized carbons (Fsp3) is 0.312. The zero-order valence-corrected chi connectivity index (χ0v) is 13.1. The number of hydrogen-bond donors (Lipinski definition) is 1. The van der Waals surface area contributed by atoms with Crippen molar-refractivity contribution in [1.29, 1.82) is 0 Å². The maximum atomic E-state index is 6.18. The number of aromatic nitrogens is 1. The van der Waals surface area contributed by atoms with E-state index in [1.165, 1.54) is 0 Å². The van der Waals surface area contributed by atoms with Crippen LogP contribution in [-0.2, 0) is 6.42 Å². The van der Waals surface area contributed by atoms with Gasteiger partial charge in [0.05, 0.1) is 19.2 Å². The van der Waals surface area contributed by atoms with Gasteiger partial charge in [-0.05, 0) is 42.8 Å². The Kier molecular flexibility index (Phi) is 5.42. The quantitative estimate of drug-likeness (QED) is 0.889. The summed E-state index contributed by atoms with van der Waals surface area (Å²) in [5.41, 5.74) is 2.17. The van der Waals surface area contributed by atoms with Crippen LogP contribution in [0.3, 0.4) is 0 Å². The normalized spacial score (nSPS) is 12.0. The highest BCUT2D eigenvalue weighted by Crippen LogP contribution is 2.31. The Hall–Kier alpha value is -1.78. The molecule has 2 rings (SSSR count). The average molecular weight is 307 g/mol. The third-order valence-corrected chi connectivity index (χ3v) is 3.78. The van der Waals surface area contributed by atoms with E-state index in [9.17, 15) is 0 Å². The van der Waals surface area contributed by atoms with Gasteiger partial charge in [0.1, 0.15) is 0 Å². The molecule has 0 aliphatic heterocycles. The standard InChI is InChI=1S/C16H19ClN2O2/c1-18-14(8-11-6-7-19-10-13(11)17)12-4-5-15(20-2)16(9-12)21-3/h4-7,9-10,14,18H,8H2,1-3H3. The summed E-state index contributed by atoms with van der Waals surface area (Å²) < 4.78 is 10.6. The predicted molar refractivity (Wildman–Crippen MR) is 84.3 cm³/mol. The first-order valence-electron chi connectivity index (χ1n) is 6.67. The number of hydrogen-bond acceptors (Lipinski definition) is 4. The molecule has 0 aliphatic carbocycles. The van der Waals surface area contributed by atoms with Gasteiger partial charge in [0.15, 0.2) is 11.5 Å². The highest BCUT2D eigenvalue weighted by molar-refractivity contribution is 6.31. The topological polar surface area (TPSA) is 43.4 Å². The third-order valence-electron chi connectivity index (χ3n) is 3.44. The van der Waals surface area contributed by atoms with Gasteiger partial charge in [-0.25, -0.2) is 0 Å². The summed E-state index contributed by atoms with van der Waals surface area (Å²) in [6.07, 6.45) is 4.19. The van der Waals surface area contributed by atoms with Crippen LogP contribution in [0.5, 0.6) is 11.5 Å². The average Bonchev–Trinajstić information content (AvgIpc) is 2.53. The Bertz CT molecular complexity index is 605. The summed E-state index contributed by atoms with van der Waals surface area (Å²) in [5.74, 6) is 1.44. The second kappa shape index (κ2) is 7.29. The lowest BCUT2D eigenvalue weighted by Crippen LogP contribution is -2.19. The van der Waals surface area contributed by atoms with Crippen LogP contribution in [0.15, 0.2) is 36.7 Å². The van der Waals surface area contributed by atoms with Crippen molar-refractivity contribution in [3.8, 4) is 11.5 Å². The van der Waals surface area contributed by atoms with Crippen LogP contribution in [-0.4, -0.2) is 26.3 Å². The smallest absolute Gasteiger partial charge is 0.161 e. The number of nitrogens with zero attached hydrogens (tertiary/aromatic N) is 1. The van der Waals surface area contributed by atoms with Crippen molar-refractivity contribution in [3.63, 3.8) is 0 Å². The number of methoxy groups -OCH3 is 2. The van der Waals surface area contributed by atoms with Crippen molar-refractivity contribution in [2.75, 3.05) is 21.3 Å². The first-order valence-corrected chi connectivity index (χ1v) is 7.05. The second-order valence-electron chi connectivity index (χ2n) is 4.63. The van der Waals surface area contributed by atoms with Crippen LogP contribution >= 0.6 is 11.6 Å². The summed E-state index contributed by atoms with van der Waals surface area (Å²) in [6, 6.07) is 7.98. The lowest BCUT2D eigenvalue weighted by molar-refractivity contribution is 0.354. The van der Waals surface area contributed by atoms with Crippen molar-refractivity contribution in [1.82, 2.24) is 10.3 Å². The van der Waals surface area contributed by atoms with Crippen LogP contribution in [0.2, 0.25) is 5.02 Å². The van der Waals surface area contributed by atoms with E-state index in [1.54, 1.807) is 26.6 Å². The summed E-state index contributed by atoms with van der Waals surface area (Å²) in [4.78, 5) is 4.01. The maximum absolute atomic E-state index is 6.18. The van der Waals surface area contributed by atoms with Gasteiger partial charge < -0.3 is 14.8 Å². The van der Waals surface area contributed by atoms with Gasteiger partial charge in [-0.2, -0.15) is 0 Å². The van der Waals surface area contributed by atoms with Gasteiger partial charge in [0.25, 0.3) is 0 Å². The van der Waals surface area contributed by atoms with Gasteiger partial charge in [-0.3, -0.25) is 4.98 Å². The molecule has 1 aromatic carbocycles. The molecule has 2 aromatic rings. The molecular weight excluding hydrogens is 288 g/mol. The molecule has 0 amide bonds. The minimum Gasteiger partial charge on any atom is -0.493 e. The zero-order valence-electron chi connectivity index (χ0n) is 12.4. The molecule has 5 heteroatoms. The lowest BCUT2D eigenvalue weighted by Gasteiger charge is -2.19. The van der Waals surface area contributed by atoms with Crippen LogP contribution in [0.25, 0.3) is 0 Å². The molecule has 0 radical (unpaired) electrons. The summed E-state index contributed by atoms with van der Waals surface area (Å²) in [6.45, 7) is 0. The molecule has 0 saturated carbocycles. The Morgan fingerprint density at radius 2 is 1.95 bits per heavy atom. The van der Waals surface area contributed by atoms with Crippen molar-refractivity contribution in [2.24, 2.45) is 0 Å². The van der Waals surface area contributed by atoms with E-state index in [1.807, 2.05) is 31.3 Å². The van der Waals surface area contributed by atoms with Crippen LogP contribution < -0.4 is 14.8 Å². The third kappa shape index (κ3) is 3.65. The molecule has 1 N–H and O–H groups in total. The van der Waals surface area contributed by atoms with E-state index in [0.717, 1.165) is 29.0 Å². The van der Waals surface area contributed by atoms with Crippen molar-refractivity contribution >= 4 is 11.6 Å². The van der Waals surface area contributed by atoms with Crippen molar-refractivity contribution < 1.29 is 9.47 Å². The largest absolute Gasteiger partial charge is 0.493 e. The number of ether oxygens (including phenoxy) is 2. The predicted octanol–water partition coefficient (Wildman–Crippen LogP) is 3.26. The van der Waals surface area contributed by atoms with E-state index in [4.69, 9.17) is 21.1 Å². The minimum absolute atomic E-state index is 0.129. The fourth-order valence-electron chi connectivity index (χ4n) is 2.25. The molecule has 0 saturated heterocycles. The van der Waals surface area contributed by atoms with Gasteiger partial charge in [-0.1, -0.05) is 17.7 Å². The molecule has 1 aromatic heterocycles. The molecular formula is C16H19ClN2O2. The first kappa shape index (κ1) is 15.6. The minimum atomic E-state index is 0.129. The Balaban J connectivity index is 2.27. The number of nitrogens with one attached hydrogen (secondary N) is 1. The van der Waals surface area contributed by atoms with E-state index in [0.29, 0.717) is 5.02 Å². The number of benzene rings is 1. The second-order valence-corrected chi connectivity index (χ2v) is 5.03. The van der Waals surface area contributed by atoms with Gasteiger partial charge in [0.2, 0.25) is 0 Å². The van der Waals surface area contributed by atoms with E-state index in [2.05, 4.69) is 10.3 Å². The van der Waals surface area contributed by atoms with E-state index >= 15 is 0 Å². The zero-order chi connectivity index (χ0) is 15.2. The van der Waals surface area contributed by atoms with Crippen molar-refractivity contribution in [3.05, 3.63) is 52.8 Å². The van der Waals surface area contributed by atoms with Gasteiger partial charge in [-0.15, -0.1) is 0 Å². The number of likely N-dealkylation sites (N-methyl/N-ethyl adjacent to an activating group) is 1. The van der Waals surface area contributed by atoms with E-state index < -0.39 is 0 Å². The number of pyridine rings is 1. The molecule has 112 valence electrons. The molecule has 0 fully saturated rings. The van der Waals surface area contributed by atoms with E-state index in [-0.39, 0.29) is 6.04 Å². The van der Waals surface area contributed by atoms with Crippen LogP contribution in [0.1, 0.15) is 17.2 Å². The molecule has 1 unspecified atom stereocenters. The highest BCUT2D eigenvalue weighted by Gasteiger charge is 2.14. The Morgan fingerprint density at radius 1 is 1.19 bits per heavy atom. The Morgan fingerprint density at radius 3 is 2.57 bits per heavy atom. The molecule has 0 aliphatic rings. The summed E-state index contributed by atoms with van der Waals surface area (Å²) in [7, 11) is 5.19. The lowest BCUT2D eigenvalue weighted by atomic mass is 9.99. The number of halogens is 1. The van der Waals surface area contributed by atoms with Crippen molar-refractivity contribution in [2.45, 2.75) is 12.5 Å². The molecule has 1 atom stereocenters. The fourth-order valence-corrected chi connectivity index (χ4v) is 2.44. The molecule has 1 heterocycles. The first-order chi connectivity index (χ1) is 10.2. The molecule has 0 spiro atoms. The number of rotatable bonds is 6. The summed E-state index contributed by atoms with van der Waals surface area (Å²) >= 11 is 6.18. The Labute approximate surface area is 130 Å².